The molecular weight excluding hydrogens is 363 g/mol. The molecule has 0 amide bonds. The third-order valence-corrected chi connectivity index (χ3v) is 3.90. The maximum atomic E-state index is 13.1. The van der Waals surface area contributed by atoms with Gasteiger partial charge in [0.2, 0.25) is 0 Å². The fraction of sp³-hybridized carbons (Fsp3) is 0.250. The molecule has 0 fully saturated rings. The van der Waals surface area contributed by atoms with Gasteiger partial charge in [-0.25, -0.2) is 9.59 Å². The highest BCUT2D eigenvalue weighted by molar-refractivity contribution is 6.31. The minimum atomic E-state index is -4.69. The smallest absolute Gasteiger partial charge is 0.417 e. The second kappa shape index (κ2) is 7.18. The highest BCUT2D eigenvalue weighted by atomic mass is 35.5. The molecule has 25 heavy (non-hydrogen) atoms. The molecule has 9 heteroatoms. The monoisotopic (exact) mass is 375 g/mol. The number of ether oxygens (including phenoxy) is 2. The lowest BCUT2D eigenvalue weighted by molar-refractivity contribution is -0.138. The minimum absolute atomic E-state index is 0.0409. The molecule has 5 nitrogen and oxygen atoms in total. The van der Waals surface area contributed by atoms with Crippen LogP contribution in [0.25, 0.3) is 0 Å². The zero-order chi connectivity index (χ0) is 18.8. The van der Waals surface area contributed by atoms with E-state index in [0.717, 1.165) is 26.4 Å². The predicted molar refractivity (Wildman–Crippen MR) is 82.5 cm³/mol. The number of alkyl halides is 3. The van der Waals surface area contributed by atoms with Gasteiger partial charge in [-0.2, -0.15) is 13.2 Å². The van der Waals surface area contributed by atoms with Gasteiger partial charge in [0, 0.05) is 12.4 Å². The highest BCUT2D eigenvalue weighted by Gasteiger charge is 2.37. The lowest BCUT2D eigenvalue weighted by Gasteiger charge is -2.25. The number of nitrogens with one attached hydrogen (secondary N) is 1. The number of methoxy groups -OCH3 is 2. The zero-order valence-corrected chi connectivity index (χ0v) is 13.9. The van der Waals surface area contributed by atoms with E-state index in [-0.39, 0.29) is 16.7 Å². The van der Waals surface area contributed by atoms with Crippen LogP contribution in [0.4, 0.5) is 13.2 Å². The predicted octanol–water partition coefficient (Wildman–Crippen LogP) is 3.16. The van der Waals surface area contributed by atoms with Gasteiger partial charge in [0.25, 0.3) is 0 Å². The SMILES string of the molecule is COC(=O)C1=CNC=C(C(=O)OC)C1c1ccc(Cl)c(C(F)(F)F)c1. The van der Waals surface area contributed by atoms with Crippen LogP contribution in [0.3, 0.4) is 0 Å². The van der Waals surface area contributed by atoms with Crippen molar-refractivity contribution in [3.63, 3.8) is 0 Å². The molecule has 1 heterocycles. The average molecular weight is 376 g/mol. The molecule has 0 bridgehead atoms. The van der Waals surface area contributed by atoms with Crippen molar-refractivity contribution in [2.24, 2.45) is 0 Å². The molecule has 2 rings (SSSR count). The van der Waals surface area contributed by atoms with E-state index in [1.165, 1.54) is 18.5 Å². The number of halogens is 4. The van der Waals surface area contributed by atoms with Crippen LogP contribution in [-0.4, -0.2) is 26.2 Å². The Balaban J connectivity index is 2.62. The van der Waals surface area contributed by atoms with Crippen LogP contribution in [0.15, 0.2) is 41.7 Å². The molecule has 1 N–H and O–H groups in total. The standard InChI is InChI=1S/C16H13ClF3NO4/c1-24-14(22)9-6-21-7-10(15(23)25-2)13(9)8-3-4-12(17)11(5-8)16(18,19)20/h3-7,13,21H,1-2H3. The van der Waals surface area contributed by atoms with E-state index < -0.39 is 34.6 Å². The molecule has 0 saturated carbocycles. The van der Waals surface area contributed by atoms with Gasteiger partial charge < -0.3 is 14.8 Å². The molecule has 0 aliphatic carbocycles. The van der Waals surface area contributed by atoms with Crippen molar-refractivity contribution in [1.29, 1.82) is 0 Å². The Morgan fingerprint density at radius 2 is 1.60 bits per heavy atom. The molecule has 1 aromatic rings. The normalized spacial score (nSPS) is 15.0. The summed E-state index contributed by atoms with van der Waals surface area (Å²) in [4.78, 5) is 24.0. The number of hydrogen-bond donors (Lipinski definition) is 1. The van der Waals surface area contributed by atoms with Crippen LogP contribution in [0, 0.1) is 0 Å². The molecular formula is C16H13ClF3NO4. The lowest BCUT2D eigenvalue weighted by Crippen LogP contribution is -2.26. The van der Waals surface area contributed by atoms with Crippen LogP contribution in [0.5, 0.6) is 0 Å². The Bertz CT molecular complexity index is 739. The second-order valence-electron chi connectivity index (χ2n) is 5.02. The van der Waals surface area contributed by atoms with Gasteiger partial charge in [-0.1, -0.05) is 17.7 Å². The second-order valence-corrected chi connectivity index (χ2v) is 5.43. The van der Waals surface area contributed by atoms with Crippen LogP contribution < -0.4 is 5.32 Å². The van der Waals surface area contributed by atoms with Crippen molar-refractivity contribution in [2.45, 2.75) is 12.1 Å². The summed E-state index contributed by atoms with van der Waals surface area (Å²) >= 11 is 5.63. The van der Waals surface area contributed by atoms with Gasteiger partial charge in [-0.05, 0) is 17.7 Å². The Hall–Kier alpha value is -2.48. The van der Waals surface area contributed by atoms with Crippen molar-refractivity contribution in [1.82, 2.24) is 5.32 Å². The third-order valence-electron chi connectivity index (χ3n) is 3.57. The molecule has 0 aromatic heterocycles. The first kappa shape index (κ1) is 18.9. The molecule has 0 unspecified atom stereocenters. The maximum Gasteiger partial charge on any atom is 0.417 e. The fourth-order valence-electron chi connectivity index (χ4n) is 2.44. The van der Waals surface area contributed by atoms with E-state index in [9.17, 15) is 22.8 Å². The van der Waals surface area contributed by atoms with E-state index >= 15 is 0 Å². The number of hydrogen-bond acceptors (Lipinski definition) is 5. The van der Waals surface area contributed by atoms with Crippen LogP contribution in [0.1, 0.15) is 17.0 Å². The van der Waals surface area contributed by atoms with Gasteiger partial charge in [0.1, 0.15) is 0 Å². The van der Waals surface area contributed by atoms with Crippen LogP contribution in [0.2, 0.25) is 5.02 Å². The summed E-state index contributed by atoms with van der Waals surface area (Å²) in [5, 5.41) is 2.11. The summed E-state index contributed by atoms with van der Waals surface area (Å²) in [6.45, 7) is 0. The lowest BCUT2D eigenvalue weighted by atomic mass is 9.83. The van der Waals surface area contributed by atoms with Crippen molar-refractivity contribution in [2.75, 3.05) is 14.2 Å². The quantitative estimate of drug-likeness (QED) is 0.822. The molecule has 134 valence electrons. The number of benzene rings is 1. The van der Waals surface area contributed by atoms with E-state index in [2.05, 4.69) is 14.8 Å². The number of carbonyl (C=O) groups is 2. The van der Waals surface area contributed by atoms with Crippen molar-refractivity contribution in [3.05, 3.63) is 57.9 Å². The summed E-state index contributed by atoms with van der Waals surface area (Å²) in [7, 11) is 2.25. The Kier molecular flexibility index (Phi) is 5.42. The van der Waals surface area contributed by atoms with Crippen LogP contribution in [-0.2, 0) is 25.2 Å². The highest BCUT2D eigenvalue weighted by Crippen LogP contribution is 2.40. The van der Waals surface area contributed by atoms with Gasteiger partial charge in [-0.3, -0.25) is 0 Å². The van der Waals surface area contributed by atoms with E-state index in [1.54, 1.807) is 0 Å². The molecule has 1 aliphatic rings. The molecule has 0 saturated heterocycles. The number of esters is 2. The number of carbonyl (C=O) groups excluding carboxylic acids is 2. The molecule has 0 atom stereocenters. The summed E-state index contributed by atoms with van der Waals surface area (Å²) < 4.78 is 48.7. The summed E-state index contributed by atoms with van der Waals surface area (Å²) in [6.07, 6.45) is -2.18. The van der Waals surface area contributed by atoms with E-state index in [1.807, 2.05) is 0 Å². The topological polar surface area (TPSA) is 64.6 Å². The van der Waals surface area contributed by atoms with Gasteiger partial charge in [-0.15, -0.1) is 0 Å². The van der Waals surface area contributed by atoms with Gasteiger partial charge in [0.05, 0.1) is 41.9 Å². The molecule has 0 radical (unpaired) electrons. The average Bonchev–Trinajstić information content (AvgIpc) is 2.59. The number of rotatable bonds is 3. The summed E-state index contributed by atoms with van der Waals surface area (Å²) in [5.74, 6) is -2.69. The van der Waals surface area contributed by atoms with Gasteiger partial charge >= 0.3 is 18.1 Å². The van der Waals surface area contributed by atoms with Crippen molar-refractivity contribution in [3.8, 4) is 0 Å². The summed E-state index contributed by atoms with van der Waals surface area (Å²) in [6, 6.07) is 3.17. The van der Waals surface area contributed by atoms with Crippen molar-refractivity contribution >= 4 is 23.5 Å². The first-order valence-electron chi connectivity index (χ1n) is 6.90. The van der Waals surface area contributed by atoms with E-state index in [0.29, 0.717) is 0 Å². The Morgan fingerprint density at radius 1 is 1.08 bits per heavy atom. The maximum absolute atomic E-state index is 13.1. The third kappa shape index (κ3) is 3.79. The van der Waals surface area contributed by atoms with Gasteiger partial charge in [0.15, 0.2) is 0 Å². The molecule has 0 spiro atoms. The first-order chi connectivity index (χ1) is 11.7. The molecule has 1 aliphatic heterocycles. The molecule has 1 aromatic carbocycles. The summed E-state index contributed by atoms with van der Waals surface area (Å²) in [5.41, 5.74) is -1.10. The Morgan fingerprint density at radius 3 is 2.04 bits per heavy atom. The van der Waals surface area contributed by atoms with E-state index in [4.69, 9.17) is 11.6 Å². The Labute approximate surface area is 146 Å². The number of dihydropyridines is 1. The zero-order valence-electron chi connectivity index (χ0n) is 13.1. The van der Waals surface area contributed by atoms with Crippen LogP contribution >= 0.6 is 11.6 Å². The minimum Gasteiger partial charge on any atom is -0.466 e. The van der Waals surface area contributed by atoms with Crippen molar-refractivity contribution < 1.29 is 32.2 Å². The largest absolute Gasteiger partial charge is 0.466 e. The first-order valence-corrected chi connectivity index (χ1v) is 7.28. The fourth-order valence-corrected chi connectivity index (χ4v) is 2.67.